The Morgan fingerprint density at radius 2 is 1.31 bits per heavy atom. The first-order chi connectivity index (χ1) is 7.44. The van der Waals surface area contributed by atoms with Gasteiger partial charge in [-0.15, -0.1) is 11.6 Å². The maximum absolute atomic E-state index is 11.4. The number of hydrogen-bond acceptors (Lipinski definition) is 6. The van der Waals surface area contributed by atoms with Crippen LogP contribution in [0.25, 0.3) is 0 Å². The third-order valence-corrected chi connectivity index (χ3v) is 3.16. The van der Waals surface area contributed by atoms with Crippen LogP contribution in [0.3, 0.4) is 0 Å². The molecule has 0 aromatic carbocycles. The third kappa shape index (κ3) is 1.63. The average Bonchev–Trinajstić information content (AvgIpc) is 2.93. The number of esters is 3. The minimum Gasteiger partial charge on any atom is -0.469 e. The zero-order valence-corrected chi connectivity index (χ0v) is 9.74. The normalized spacial score (nSPS) is 31.5. The molecule has 0 saturated heterocycles. The SMILES string of the molecule is COC(=O)[C@@H]1[C@@H](C(=O)OC)C1(Cl)C(=O)OC. The third-order valence-electron chi connectivity index (χ3n) is 2.54. The van der Waals surface area contributed by atoms with E-state index in [1.165, 1.54) is 0 Å². The second-order valence-corrected chi connectivity index (χ2v) is 3.89. The Kier molecular flexibility index (Phi) is 3.42. The van der Waals surface area contributed by atoms with Gasteiger partial charge in [0.2, 0.25) is 0 Å². The average molecular weight is 251 g/mol. The van der Waals surface area contributed by atoms with Crippen LogP contribution in [0.4, 0.5) is 0 Å². The van der Waals surface area contributed by atoms with E-state index in [0.29, 0.717) is 0 Å². The monoisotopic (exact) mass is 250 g/mol. The highest BCUT2D eigenvalue weighted by molar-refractivity contribution is 6.41. The predicted octanol–water partition coefficient (Wildman–Crippen LogP) is -0.271. The van der Waals surface area contributed by atoms with Crippen molar-refractivity contribution >= 4 is 29.5 Å². The van der Waals surface area contributed by atoms with Crippen LogP contribution in [0.2, 0.25) is 0 Å². The van der Waals surface area contributed by atoms with E-state index in [-0.39, 0.29) is 0 Å². The van der Waals surface area contributed by atoms with Gasteiger partial charge >= 0.3 is 17.9 Å². The Morgan fingerprint density at radius 1 is 0.938 bits per heavy atom. The number of ether oxygens (including phenoxy) is 3. The lowest BCUT2D eigenvalue weighted by atomic mass is 10.3. The molecule has 0 N–H and O–H groups in total. The second kappa shape index (κ2) is 4.29. The van der Waals surface area contributed by atoms with Crippen LogP contribution in [0.5, 0.6) is 0 Å². The minimum atomic E-state index is -1.70. The molecule has 90 valence electrons. The predicted molar refractivity (Wildman–Crippen MR) is 51.6 cm³/mol. The molecule has 7 heteroatoms. The first-order valence-electron chi connectivity index (χ1n) is 4.38. The number of methoxy groups -OCH3 is 3. The van der Waals surface area contributed by atoms with Crippen molar-refractivity contribution in [3.8, 4) is 0 Å². The Labute approximate surface area is 96.8 Å². The van der Waals surface area contributed by atoms with Crippen molar-refractivity contribution < 1.29 is 28.6 Å². The largest absolute Gasteiger partial charge is 0.469 e. The summed E-state index contributed by atoms with van der Waals surface area (Å²) >= 11 is 5.90. The molecule has 0 heterocycles. The molecule has 0 unspecified atom stereocenters. The molecule has 16 heavy (non-hydrogen) atoms. The molecule has 0 aromatic heterocycles. The molecule has 1 aliphatic carbocycles. The first kappa shape index (κ1) is 12.8. The van der Waals surface area contributed by atoms with Crippen molar-refractivity contribution in [2.24, 2.45) is 11.8 Å². The maximum Gasteiger partial charge on any atom is 0.328 e. The van der Waals surface area contributed by atoms with E-state index in [4.69, 9.17) is 11.6 Å². The highest BCUT2D eigenvalue weighted by Gasteiger charge is 2.78. The van der Waals surface area contributed by atoms with E-state index in [9.17, 15) is 14.4 Å². The summed E-state index contributed by atoms with van der Waals surface area (Å²) < 4.78 is 13.3. The number of hydrogen-bond donors (Lipinski definition) is 0. The van der Waals surface area contributed by atoms with Crippen LogP contribution in [0.15, 0.2) is 0 Å². The maximum atomic E-state index is 11.4. The molecule has 0 radical (unpaired) electrons. The van der Waals surface area contributed by atoms with Gasteiger partial charge in [-0.3, -0.25) is 14.4 Å². The molecule has 1 rings (SSSR count). The lowest BCUT2D eigenvalue weighted by Gasteiger charge is -2.05. The molecule has 1 aliphatic rings. The summed E-state index contributed by atoms with van der Waals surface area (Å²) in [4.78, 5) is 32.3. The number of carbonyl (C=O) groups is 3. The van der Waals surface area contributed by atoms with E-state index in [2.05, 4.69) is 14.2 Å². The van der Waals surface area contributed by atoms with Gasteiger partial charge in [-0.2, -0.15) is 0 Å². The summed E-state index contributed by atoms with van der Waals surface area (Å²) in [6, 6.07) is 0. The van der Waals surface area contributed by atoms with E-state index < -0.39 is 34.6 Å². The van der Waals surface area contributed by atoms with Crippen LogP contribution in [0.1, 0.15) is 0 Å². The fourth-order valence-corrected chi connectivity index (χ4v) is 2.08. The Hall–Kier alpha value is -1.30. The quantitative estimate of drug-likeness (QED) is 0.390. The van der Waals surface area contributed by atoms with Gasteiger partial charge in [0.1, 0.15) is 11.8 Å². The van der Waals surface area contributed by atoms with Crippen molar-refractivity contribution in [3.63, 3.8) is 0 Å². The fourth-order valence-electron chi connectivity index (χ4n) is 1.64. The van der Waals surface area contributed by atoms with Gasteiger partial charge in [0, 0.05) is 0 Å². The van der Waals surface area contributed by atoms with Gasteiger partial charge in [0.25, 0.3) is 0 Å². The van der Waals surface area contributed by atoms with Gasteiger partial charge in [-0.05, 0) is 0 Å². The molecular weight excluding hydrogens is 240 g/mol. The van der Waals surface area contributed by atoms with E-state index >= 15 is 0 Å². The lowest BCUT2D eigenvalue weighted by Crippen LogP contribution is -2.25. The molecule has 2 atom stereocenters. The molecule has 0 aliphatic heterocycles. The van der Waals surface area contributed by atoms with Crippen molar-refractivity contribution in [1.82, 2.24) is 0 Å². The van der Waals surface area contributed by atoms with E-state index in [0.717, 1.165) is 21.3 Å². The molecule has 1 fully saturated rings. The van der Waals surface area contributed by atoms with Gasteiger partial charge in [0.15, 0.2) is 4.87 Å². The summed E-state index contributed by atoms with van der Waals surface area (Å²) in [7, 11) is 3.40. The van der Waals surface area contributed by atoms with E-state index in [1.54, 1.807) is 0 Å². The van der Waals surface area contributed by atoms with Crippen LogP contribution >= 0.6 is 11.6 Å². The fraction of sp³-hybridized carbons (Fsp3) is 0.667. The zero-order chi connectivity index (χ0) is 12.5. The highest BCUT2D eigenvalue weighted by atomic mass is 35.5. The van der Waals surface area contributed by atoms with Gasteiger partial charge in [-0.25, -0.2) is 0 Å². The van der Waals surface area contributed by atoms with Crippen LogP contribution in [0, 0.1) is 11.8 Å². The second-order valence-electron chi connectivity index (χ2n) is 3.26. The summed E-state index contributed by atoms with van der Waals surface area (Å²) in [5, 5.41) is 0. The van der Waals surface area contributed by atoms with Crippen molar-refractivity contribution in [2.75, 3.05) is 21.3 Å². The van der Waals surface area contributed by atoms with Crippen molar-refractivity contribution in [1.29, 1.82) is 0 Å². The molecule has 6 nitrogen and oxygen atoms in total. The Bertz CT molecular complexity index is 317. The van der Waals surface area contributed by atoms with Crippen LogP contribution in [-0.4, -0.2) is 44.1 Å². The topological polar surface area (TPSA) is 78.9 Å². The van der Waals surface area contributed by atoms with Gasteiger partial charge < -0.3 is 14.2 Å². The molecule has 0 amide bonds. The molecular formula is C9H11ClO6. The van der Waals surface area contributed by atoms with Crippen LogP contribution in [-0.2, 0) is 28.6 Å². The summed E-state index contributed by atoms with van der Waals surface area (Å²) in [6.45, 7) is 0. The lowest BCUT2D eigenvalue weighted by molar-refractivity contribution is -0.148. The molecule has 0 bridgehead atoms. The van der Waals surface area contributed by atoms with Crippen molar-refractivity contribution in [3.05, 3.63) is 0 Å². The summed E-state index contributed by atoms with van der Waals surface area (Å²) in [5.74, 6) is -4.44. The highest BCUT2D eigenvalue weighted by Crippen LogP contribution is 2.57. The summed E-state index contributed by atoms with van der Waals surface area (Å²) in [5.41, 5.74) is 0. The van der Waals surface area contributed by atoms with E-state index in [1.807, 2.05) is 0 Å². The molecule has 0 aromatic rings. The van der Waals surface area contributed by atoms with Gasteiger partial charge in [0.05, 0.1) is 21.3 Å². The molecule has 0 spiro atoms. The first-order valence-corrected chi connectivity index (χ1v) is 4.75. The standard InChI is InChI=1S/C9H11ClO6/c1-14-6(11)4-5(7(12)15-2)9(4,10)8(13)16-3/h4-5H,1-3H3/t4-,5-/m0/s1. The Balaban J connectivity index is 2.96. The minimum absolute atomic E-state index is 0.740. The zero-order valence-electron chi connectivity index (χ0n) is 8.98. The van der Waals surface area contributed by atoms with Crippen LogP contribution < -0.4 is 0 Å². The van der Waals surface area contributed by atoms with Gasteiger partial charge in [-0.1, -0.05) is 0 Å². The number of carbonyl (C=O) groups excluding carboxylic acids is 3. The number of rotatable bonds is 3. The number of alkyl halides is 1. The summed E-state index contributed by atoms with van der Waals surface area (Å²) in [6.07, 6.45) is 0. The molecule has 1 saturated carbocycles. The Morgan fingerprint density at radius 3 is 1.56 bits per heavy atom. The number of halogens is 1. The smallest absolute Gasteiger partial charge is 0.328 e. The van der Waals surface area contributed by atoms with Crippen molar-refractivity contribution in [2.45, 2.75) is 4.87 Å².